The van der Waals surface area contributed by atoms with Gasteiger partial charge < -0.3 is 34.7 Å². The molecule has 0 radical (unpaired) electrons. The Morgan fingerprint density at radius 1 is 1.14 bits per heavy atom. The first-order valence-electron chi connectivity index (χ1n) is 11.5. The van der Waals surface area contributed by atoms with Crippen LogP contribution < -0.4 is 5.32 Å². The zero-order chi connectivity index (χ0) is 24.8. The van der Waals surface area contributed by atoms with Gasteiger partial charge in [-0.3, -0.25) is 9.59 Å². The highest BCUT2D eigenvalue weighted by molar-refractivity contribution is 6.28. The van der Waals surface area contributed by atoms with Crippen molar-refractivity contribution in [2.75, 3.05) is 20.6 Å². The summed E-state index contributed by atoms with van der Waals surface area (Å²) < 4.78 is 3.82. The van der Waals surface area contributed by atoms with E-state index >= 15 is 0 Å². The Balaban J connectivity index is 1.84. The number of aromatic nitrogens is 2. The molecule has 4 N–H and O–H groups in total. The molecule has 9 nitrogen and oxygen atoms in total. The summed E-state index contributed by atoms with van der Waals surface area (Å²) >= 11 is 0. The Morgan fingerprint density at radius 3 is 2.66 bits per heavy atom. The normalized spacial score (nSPS) is 16.3. The Bertz CT molecular complexity index is 1640. The molecule has 4 aromatic rings. The highest BCUT2D eigenvalue weighted by atomic mass is 16.3. The molecule has 1 amide bonds. The van der Waals surface area contributed by atoms with E-state index in [1.54, 1.807) is 29.8 Å². The van der Waals surface area contributed by atoms with Gasteiger partial charge in [-0.1, -0.05) is 0 Å². The number of amides is 1. The number of allylic oxidation sites excluding steroid dienone is 1. The van der Waals surface area contributed by atoms with Gasteiger partial charge in [0.05, 0.1) is 41.4 Å². The summed E-state index contributed by atoms with van der Waals surface area (Å²) in [5, 5.41) is 36.6. The van der Waals surface area contributed by atoms with E-state index in [1.807, 2.05) is 29.6 Å². The van der Waals surface area contributed by atoms with Gasteiger partial charge in [0.15, 0.2) is 5.78 Å². The highest BCUT2D eigenvalue weighted by Gasteiger charge is 2.35. The molecule has 6 rings (SSSR count). The van der Waals surface area contributed by atoms with Crippen LogP contribution in [0.5, 0.6) is 5.75 Å². The number of Topliss-reactive ketones (excluding diaryl/α,β-unsaturated/α-hetero) is 1. The molecule has 1 aliphatic carbocycles. The van der Waals surface area contributed by atoms with Crippen LogP contribution in [0.3, 0.4) is 0 Å². The maximum absolute atomic E-state index is 13.1. The van der Waals surface area contributed by atoms with E-state index in [1.165, 1.54) is 0 Å². The summed E-state index contributed by atoms with van der Waals surface area (Å²) in [5.41, 5.74) is 4.54. The molecule has 0 saturated heterocycles. The molecule has 9 heteroatoms. The number of benzene rings is 2. The van der Waals surface area contributed by atoms with E-state index in [0.717, 1.165) is 27.4 Å². The second-order valence-electron chi connectivity index (χ2n) is 9.77. The van der Waals surface area contributed by atoms with Gasteiger partial charge in [-0.2, -0.15) is 0 Å². The molecule has 0 saturated carbocycles. The first kappa shape index (κ1) is 21.7. The number of hydrogen-bond donors (Lipinski definition) is 4. The Hall–Kier alpha value is -3.82. The molecule has 1 aliphatic heterocycles. The van der Waals surface area contributed by atoms with Crippen molar-refractivity contribution >= 4 is 50.5 Å². The molecule has 2 aromatic carbocycles. The standard InChI is InChI=1S/C26H26N4O5/c1-28(2)10-14(33)11-30-18-5-4-12(31)6-15(18)20-17-9-27-26(35)22(17)21-16-7-13(32)8-19(34)23(16)29(3)24(21)25(20)30/h4-7,14,31-33H,8-11H2,1-3H3,(H,27,35). The van der Waals surface area contributed by atoms with E-state index in [4.69, 9.17) is 0 Å². The van der Waals surface area contributed by atoms with Crippen molar-refractivity contribution in [2.45, 2.75) is 25.6 Å². The van der Waals surface area contributed by atoms with Crippen LogP contribution in [0.2, 0.25) is 0 Å². The van der Waals surface area contributed by atoms with E-state index in [-0.39, 0.29) is 36.2 Å². The van der Waals surface area contributed by atoms with Crippen LogP contribution >= 0.6 is 0 Å². The SMILES string of the molecule is CN(C)CC(O)Cn1c2ccc(O)cc2c2c3c(c4c5c(n(C)c4c21)C(=O)CC(O)=C5)C(=O)NC3. The maximum atomic E-state index is 13.1. The molecule has 0 fully saturated rings. The lowest BCUT2D eigenvalue weighted by Gasteiger charge is -2.18. The predicted octanol–water partition coefficient (Wildman–Crippen LogP) is 2.64. The number of likely N-dealkylation sites (N-methyl/N-ethyl adjacent to an activating group) is 1. The fourth-order valence-electron chi connectivity index (χ4n) is 5.91. The molecule has 1 unspecified atom stereocenters. The highest BCUT2D eigenvalue weighted by Crippen LogP contribution is 2.46. The lowest BCUT2D eigenvalue weighted by Crippen LogP contribution is -2.29. The van der Waals surface area contributed by atoms with Gasteiger partial charge in [0, 0.05) is 47.4 Å². The number of ketones is 1. The lowest BCUT2D eigenvalue weighted by molar-refractivity contribution is 0.0959. The average Bonchev–Trinajstić information content (AvgIpc) is 3.38. The number of phenolic OH excluding ortho intramolecular Hbond substituents is 1. The third kappa shape index (κ3) is 2.95. The van der Waals surface area contributed by atoms with E-state index < -0.39 is 6.10 Å². The van der Waals surface area contributed by atoms with Gasteiger partial charge in [0.25, 0.3) is 5.91 Å². The average molecular weight is 475 g/mol. The predicted molar refractivity (Wildman–Crippen MR) is 133 cm³/mol. The van der Waals surface area contributed by atoms with Crippen LogP contribution in [-0.2, 0) is 20.1 Å². The molecular weight excluding hydrogens is 448 g/mol. The number of aromatic hydroxyl groups is 1. The largest absolute Gasteiger partial charge is 0.512 e. The second-order valence-corrected chi connectivity index (χ2v) is 9.77. The zero-order valence-corrected chi connectivity index (χ0v) is 19.7. The number of aryl methyl sites for hydroxylation is 1. The summed E-state index contributed by atoms with van der Waals surface area (Å²) in [5.74, 6) is -0.383. The molecule has 1 atom stereocenters. The Kier molecular flexibility index (Phi) is 4.55. The topological polar surface area (TPSA) is 120 Å². The smallest absolute Gasteiger partial charge is 0.252 e. The number of phenols is 1. The molecule has 3 heterocycles. The fourth-order valence-corrected chi connectivity index (χ4v) is 5.91. The second kappa shape index (κ2) is 7.34. The number of rotatable bonds is 4. The molecular formula is C26H26N4O5. The van der Waals surface area contributed by atoms with Crippen LogP contribution in [0.25, 0.3) is 38.8 Å². The van der Waals surface area contributed by atoms with Crippen LogP contribution in [0, 0.1) is 0 Å². The molecule has 35 heavy (non-hydrogen) atoms. The van der Waals surface area contributed by atoms with Crippen molar-refractivity contribution in [3.8, 4) is 5.75 Å². The lowest BCUT2D eigenvalue weighted by atomic mass is 9.93. The van der Waals surface area contributed by atoms with Crippen LogP contribution in [0.1, 0.15) is 38.4 Å². The maximum Gasteiger partial charge on any atom is 0.252 e. The minimum atomic E-state index is -0.680. The number of aliphatic hydroxyl groups excluding tert-OH is 2. The van der Waals surface area contributed by atoms with Gasteiger partial charge >= 0.3 is 0 Å². The molecule has 0 bridgehead atoms. The van der Waals surface area contributed by atoms with Gasteiger partial charge in [-0.25, -0.2) is 0 Å². The fraction of sp³-hybridized carbons (Fsp3) is 0.308. The summed E-state index contributed by atoms with van der Waals surface area (Å²) in [6.07, 6.45) is 0.810. The molecule has 0 spiro atoms. The minimum Gasteiger partial charge on any atom is -0.512 e. The van der Waals surface area contributed by atoms with Gasteiger partial charge in [-0.15, -0.1) is 0 Å². The van der Waals surface area contributed by atoms with E-state index in [0.29, 0.717) is 40.8 Å². The van der Waals surface area contributed by atoms with Crippen molar-refractivity contribution in [1.82, 2.24) is 19.4 Å². The summed E-state index contributed by atoms with van der Waals surface area (Å²) in [6, 6.07) is 5.10. The van der Waals surface area contributed by atoms with Crippen molar-refractivity contribution < 1.29 is 24.9 Å². The van der Waals surface area contributed by atoms with Gasteiger partial charge in [-0.05, 0) is 43.9 Å². The van der Waals surface area contributed by atoms with Crippen molar-refractivity contribution in [3.63, 3.8) is 0 Å². The number of hydrogen-bond acceptors (Lipinski definition) is 6. The number of aliphatic hydroxyl groups is 2. The van der Waals surface area contributed by atoms with Crippen molar-refractivity contribution in [2.24, 2.45) is 7.05 Å². The van der Waals surface area contributed by atoms with Crippen molar-refractivity contribution in [1.29, 1.82) is 0 Å². The summed E-state index contributed by atoms with van der Waals surface area (Å²) in [4.78, 5) is 28.0. The third-order valence-corrected chi connectivity index (χ3v) is 7.10. The monoisotopic (exact) mass is 474 g/mol. The summed E-state index contributed by atoms with van der Waals surface area (Å²) in [6.45, 7) is 1.04. The minimum absolute atomic E-state index is 0.0332. The van der Waals surface area contributed by atoms with Crippen LogP contribution in [0.15, 0.2) is 24.0 Å². The quantitative estimate of drug-likeness (QED) is 0.361. The molecule has 2 aromatic heterocycles. The van der Waals surface area contributed by atoms with E-state index in [9.17, 15) is 24.9 Å². The van der Waals surface area contributed by atoms with Crippen LogP contribution in [0.4, 0.5) is 0 Å². The number of carbonyl (C=O) groups excluding carboxylic acids is 2. The zero-order valence-electron chi connectivity index (χ0n) is 19.7. The Labute approximate surface area is 200 Å². The van der Waals surface area contributed by atoms with Crippen molar-refractivity contribution in [3.05, 3.63) is 46.3 Å². The van der Waals surface area contributed by atoms with Crippen LogP contribution in [-0.4, -0.2) is 67.8 Å². The Morgan fingerprint density at radius 2 is 1.91 bits per heavy atom. The number of nitrogens with one attached hydrogen (secondary N) is 1. The number of carbonyl (C=O) groups is 2. The van der Waals surface area contributed by atoms with Gasteiger partial charge in [0.2, 0.25) is 0 Å². The first-order chi connectivity index (χ1) is 16.7. The number of nitrogens with zero attached hydrogens (tertiary/aromatic N) is 3. The van der Waals surface area contributed by atoms with Gasteiger partial charge in [0.1, 0.15) is 11.5 Å². The molecule has 180 valence electrons. The summed E-state index contributed by atoms with van der Waals surface area (Å²) in [7, 11) is 5.58. The van der Waals surface area contributed by atoms with E-state index in [2.05, 4.69) is 5.32 Å². The number of fused-ring (bicyclic) bond motifs is 10. The first-order valence-corrected chi connectivity index (χ1v) is 11.5. The third-order valence-electron chi connectivity index (χ3n) is 7.10. The molecule has 2 aliphatic rings.